The average molecular weight is 272 g/mol. The Kier molecular flexibility index (Phi) is 6.53. The van der Waals surface area contributed by atoms with Crippen LogP contribution in [0.3, 0.4) is 0 Å². The second-order valence-electron chi connectivity index (χ2n) is 5.47. The van der Waals surface area contributed by atoms with Crippen molar-refractivity contribution >= 4 is 0 Å². The second-order valence-corrected chi connectivity index (χ2v) is 5.47. The number of nitrogens with zero attached hydrogens (tertiary/aromatic N) is 1. The molecule has 0 aromatic rings. The predicted octanol–water partition coefficient (Wildman–Crippen LogP) is 0.968. The molecule has 5 nitrogen and oxygen atoms in total. The van der Waals surface area contributed by atoms with Crippen LogP contribution in [-0.4, -0.2) is 63.3 Å². The molecule has 5 heteroatoms. The summed E-state index contributed by atoms with van der Waals surface area (Å²) in [5.74, 6) is 0. The molecule has 3 unspecified atom stereocenters. The Morgan fingerprint density at radius 3 is 2.89 bits per heavy atom. The molecular formula is C14H28N2O3. The first-order valence-corrected chi connectivity index (χ1v) is 7.53. The van der Waals surface area contributed by atoms with Crippen molar-refractivity contribution in [3.8, 4) is 0 Å². The maximum atomic E-state index is 5.86. The molecule has 2 fully saturated rings. The van der Waals surface area contributed by atoms with Crippen molar-refractivity contribution in [1.29, 1.82) is 0 Å². The van der Waals surface area contributed by atoms with Gasteiger partial charge in [0.15, 0.2) is 6.29 Å². The third-order valence-corrected chi connectivity index (χ3v) is 4.22. The summed E-state index contributed by atoms with van der Waals surface area (Å²) < 4.78 is 16.8. The summed E-state index contributed by atoms with van der Waals surface area (Å²) in [6.45, 7) is 4.27. The Bertz CT molecular complexity index is 247. The molecule has 0 spiro atoms. The summed E-state index contributed by atoms with van der Waals surface area (Å²) in [5.41, 5.74) is 5.86. The van der Waals surface area contributed by atoms with Gasteiger partial charge in [0.05, 0.1) is 12.7 Å². The number of methoxy groups -OCH3 is 1. The lowest BCUT2D eigenvalue weighted by Crippen LogP contribution is -2.49. The summed E-state index contributed by atoms with van der Waals surface area (Å²) in [5, 5.41) is 0. The maximum Gasteiger partial charge on any atom is 0.157 e. The highest BCUT2D eigenvalue weighted by Crippen LogP contribution is 2.19. The topological polar surface area (TPSA) is 57.0 Å². The average Bonchev–Trinajstić information content (AvgIpc) is 2.48. The van der Waals surface area contributed by atoms with Crippen LogP contribution in [-0.2, 0) is 14.2 Å². The molecule has 0 aliphatic carbocycles. The van der Waals surface area contributed by atoms with E-state index in [2.05, 4.69) is 4.90 Å². The summed E-state index contributed by atoms with van der Waals surface area (Å²) in [4.78, 5) is 2.43. The molecule has 0 radical (unpaired) electrons. The van der Waals surface area contributed by atoms with Gasteiger partial charge in [-0.25, -0.2) is 0 Å². The van der Waals surface area contributed by atoms with Crippen molar-refractivity contribution in [3.63, 3.8) is 0 Å². The van der Waals surface area contributed by atoms with Crippen LogP contribution in [0.25, 0.3) is 0 Å². The Labute approximate surface area is 116 Å². The number of nitrogens with two attached hydrogens (primary N) is 1. The zero-order valence-electron chi connectivity index (χ0n) is 12.1. The molecule has 2 saturated heterocycles. The van der Waals surface area contributed by atoms with Gasteiger partial charge < -0.3 is 19.9 Å². The lowest BCUT2D eigenvalue weighted by Gasteiger charge is -2.38. The molecule has 0 amide bonds. The zero-order valence-corrected chi connectivity index (χ0v) is 12.1. The normalized spacial score (nSPS) is 33.5. The minimum atomic E-state index is 0.0154. The van der Waals surface area contributed by atoms with E-state index in [-0.39, 0.29) is 6.29 Å². The minimum absolute atomic E-state index is 0.0154. The molecule has 0 bridgehead atoms. The van der Waals surface area contributed by atoms with E-state index in [4.69, 9.17) is 19.9 Å². The van der Waals surface area contributed by atoms with E-state index < -0.39 is 0 Å². The van der Waals surface area contributed by atoms with Crippen molar-refractivity contribution in [2.24, 2.45) is 5.73 Å². The molecule has 3 atom stereocenters. The standard InChI is InChI=1S/C14H28N2O3/c1-17-13-5-6-16(12(10-13)11-15)7-9-19-14-4-2-3-8-18-14/h12-14H,2-11,15H2,1H3. The van der Waals surface area contributed by atoms with E-state index in [1.54, 1.807) is 7.11 Å². The van der Waals surface area contributed by atoms with E-state index in [0.717, 1.165) is 45.6 Å². The molecule has 2 aliphatic rings. The van der Waals surface area contributed by atoms with Gasteiger partial charge in [-0.1, -0.05) is 0 Å². The van der Waals surface area contributed by atoms with Crippen LogP contribution >= 0.6 is 0 Å². The van der Waals surface area contributed by atoms with Gasteiger partial charge in [0.2, 0.25) is 0 Å². The maximum absolute atomic E-state index is 5.86. The first-order valence-electron chi connectivity index (χ1n) is 7.53. The van der Waals surface area contributed by atoms with Crippen LogP contribution in [0.5, 0.6) is 0 Å². The van der Waals surface area contributed by atoms with Gasteiger partial charge in [0.1, 0.15) is 0 Å². The molecule has 2 rings (SSSR count). The summed E-state index contributed by atoms with van der Waals surface area (Å²) >= 11 is 0. The van der Waals surface area contributed by atoms with Crippen LogP contribution < -0.4 is 5.73 Å². The Morgan fingerprint density at radius 1 is 1.32 bits per heavy atom. The van der Waals surface area contributed by atoms with E-state index in [1.807, 2.05) is 0 Å². The Balaban J connectivity index is 1.66. The van der Waals surface area contributed by atoms with Crippen molar-refractivity contribution in [2.45, 2.75) is 50.5 Å². The van der Waals surface area contributed by atoms with Crippen molar-refractivity contribution < 1.29 is 14.2 Å². The smallest absolute Gasteiger partial charge is 0.157 e. The molecule has 2 heterocycles. The number of hydrogen-bond donors (Lipinski definition) is 1. The monoisotopic (exact) mass is 272 g/mol. The van der Waals surface area contributed by atoms with Crippen molar-refractivity contribution in [3.05, 3.63) is 0 Å². The van der Waals surface area contributed by atoms with Crippen molar-refractivity contribution in [2.75, 3.05) is 40.0 Å². The van der Waals surface area contributed by atoms with E-state index in [0.29, 0.717) is 18.7 Å². The van der Waals surface area contributed by atoms with Gasteiger partial charge in [-0.2, -0.15) is 0 Å². The van der Waals surface area contributed by atoms with Gasteiger partial charge in [0.25, 0.3) is 0 Å². The number of likely N-dealkylation sites (tertiary alicyclic amines) is 1. The fraction of sp³-hybridized carbons (Fsp3) is 1.00. The first kappa shape index (κ1) is 15.2. The Morgan fingerprint density at radius 2 is 2.21 bits per heavy atom. The number of hydrogen-bond acceptors (Lipinski definition) is 5. The number of ether oxygens (including phenoxy) is 3. The molecule has 2 aliphatic heterocycles. The fourth-order valence-electron chi connectivity index (χ4n) is 2.96. The molecular weight excluding hydrogens is 244 g/mol. The minimum Gasteiger partial charge on any atom is -0.381 e. The SMILES string of the molecule is COC1CCN(CCOC2CCCCO2)C(CN)C1. The summed E-state index contributed by atoms with van der Waals surface area (Å²) in [6.07, 6.45) is 5.93. The van der Waals surface area contributed by atoms with Gasteiger partial charge in [-0.3, -0.25) is 4.90 Å². The fourth-order valence-corrected chi connectivity index (χ4v) is 2.96. The highest BCUT2D eigenvalue weighted by Gasteiger charge is 2.27. The van der Waals surface area contributed by atoms with Crippen LogP contribution in [0.4, 0.5) is 0 Å². The number of piperidine rings is 1. The molecule has 0 aromatic heterocycles. The van der Waals surface area contributed by atoms with Crippen LogP contribution in [0.1, 0.15) is 32.1 Å². The highest BCUT2D eigenvalue weighted by molar-refractivity contribution is 4.82. The van der Waals surface area contributed by atoms with Crippen molar-refractivity contribution in [1.82, 2.24) is 4.90 Å². The molecule has 2 N–H and O–H groups in total. The van der Waals surface area contributed by atoms with E-state index in [9.17, 15) is 0 Å². The van der Waals surface area contributed by atoms with E-state index in [1.165, 1.54) is 12.8 Å². The van der Waals surface area contributed by atoms with Gasteiger partial charge in [-0.15, -0.1) is 0 Å². The predicted molar refractivity (Wildman–Crippen MR) is 74.0 cm³/mol. The summed E-state index contributed by atoms with van der Waals surface area (Å²) in [6, 6.07) is 0.426. The summed E-state index contributed by atoms with van der Waals surface area (Å²) in [7, 11) is 1.79. The third-order valence-electron chi connectivity index (χ3n) is 4.22. The third kappa shape index (κ3) is 4.68. The van der Waals surface area contributed by atoms with Crippen LogP contribution in [0, 0.1) is 0 Å². The molecule has 112 valence electrons. The van der Waals surface area contributed by atoms with Gasteiger partial charge >= 0.3 is 0 Å². The van der Waals surface area contributed by atoms with Gasteiger partial charge in [0, 0.05) is 39.4 Å². The molecule has 0 aromatic carbocycles. The van der Waals surface area contributed by atoms with Gasteiger partial charge in [-0.05, 0) is 32.1 Å². The first-order chi connectivity index (χ1) is 9.33. The number of rotatable bonds is 6. The quantitative estimate of drug-likeness (QED) is 0.781. The van der Waals surface area contributed by atoms with Crippen LogP contribution in [0.15, 0.2) is 0 Å². The molecule has 19 heavy (non-hydrogen) atoms. The molecule has 0 saturated carbocycles. The lowest BCUT2D eigenvalue weighted by atomic mass is 9.99. The van der Waals surface area contributed by atoms with Crippen LogP contribution in [0.2, 0.25) is 0 Å². The largest absolute Gasteiger partial charge is 0.381 e. The lowest BCUT2D eigenvalue weighted by molar-refractivity contribution is -0.165. The second kappa shape index (κ2) is 8.17. The zero-order chi connectivity index (χ0) is 13.5. The van der Waals surface area contributed by atoms with E-state index >= 15 is 0 Å². The Hall–Kier alpha value is -0.200. The highest BCUT2D eigenvalue weighted by atomic mass is 16.7.